The van der Waals surface area contributed by atoms with Crippen molar-refractivity contribution in [2.75, 3.05) is 5.32 Å². The number of anilines is 1. The van der Waals surface area contributed by atoms with Gasteiger partial charge < -0.3 is 11.1 Å². The van der Waals surface area contributed by atoms with E-state index in [1.165, 1.54) is 12.1 Å². The minimum atomic E-state index is -0.791. The van der Waals surface area contributed by atoms with Crippen LogP contribution in [0.2, 0.25) is 0 Å². The number of rotatable bonds is 1. The number of urea groups is 1. The Labute approximate surface area is 76.9 Å². The Hall–Kier alpha value is -1.10. The number of primary amides is 1. The molecule has 0 aliphatic heterocycles. The Morgan fingerprint density at radius 3 is 2.75 bits per heavy atom. The van der Waals surface area contributed by atoms with Crippen LogP contribution in [0.4, 0.5) is 14.9 Å². The van der Waals surface area contributed by atoms with Crippen molar-refractivity contribution >= 4 is 27.6 Å². The van der Waals surface area contributed by atoms with Crippen molar-refractivity contribution < 1.29 is 9.18 Å². The lowest BCUT2D eigenvalue weighted by Gasteiger charge is -2.04. The van der Waals surface area contributed by atoms with E-state index < -0.39 is 11.8 Å². The Balaban J connectivity index is 3.04. The molecular formula is C7H6BrFN2O. The molecule has 0 aliphatic carbocycles. The first-order valence-electron chi connectivity index (χ1n) is 3.11. The molecule has 12 heavy (non-hydrogen) atoms. The molecule has 0 heterocycles. The summed E-state index contributed by atoms with van der Waals surface area (Å²) in [6, 6.07) is 3.57. The van der Waals surface area contributed by atoms with Crippen LogP contribution >= 0.6 is 15.9 Å². The molecule has 3 nitrogen and oxygen atoms in total. The van der Waals surface area contributed by atoms with Crippen LogP contribution in [0.5, 0.6) is 0 Å². The molecule has 0 fully saturated rings. The Morgan fingerprint density at radius 2 is 2.25 bits per heavy atom. The van der Waals surface area contributed by atoms with Gasteiger partial charge in [0, 0.05) is 4.47 Å². The maximum atomic E-state index is 12.9. The molecule has 0 aromatic heterocycles. The van der Waals surface area contributed by atoms with Crippen LogP contribution in [0.3, 0.4) is 0 Å². The second-order valence-corrected chi connectivity index (χ2v) is 2.94. The minimum Gasteiger partial charge on any atom is -0.351 e. The number of hydrogen-bond donors (Lipinski definition) is 2. The fourth-order valence-electron chi connectivity index (χ4n) is 0.740. The van der Waals surface area contributed by atoms with E-state index in [2.05, 4.69) is 21.2 Å². The summed E-state index contributed by atoms with van der Waals surface area (Å²) >= 11 is 3.07. The Morgan fingerprint density at radius 1 is 1.58 bits per heavy atom. The second-order valence-electron chi connectivity index (χ2n) is 2.09. The van der Waals surface area contributed by atoms with Crippen molar-refractivity contribution in [3.63, 3.8) is 0 Å². The van der Waals surface area contributed by atoms with Crippen LogP contribution in [-0.4, -0.2) is 6.03 Å². The quantitative estimate of drug-likeness (QED) is 0.766. The van der Waals surface area contributed by atoms with Crippen molar-refractivity contribution in [1.82, 2.24) is 0 Å². The van der Waals surface area contributed by atoms with E-state index >= 15 is 0 Å². The lowest BCUT2D eigenvalue weighted by molar-refractivity contribution is 0.259. The highest BCUT2D eigenvalue weighted by Gasteiger charge is 2.06. The van der Waals surface area contributed by atoms with Crippen molar-refractivity contribution in [2.24, 2.45) is 5.73 Å². The maximum absolute atomic E-state index is 12.9. The molecule has 2 amide bonds. The van der Waals surface area contributed by atoms with Gasteiger partial charge >= 0.3 is 6.03 Å². The van der Waals surface area contributed by atoms with Crippen LogP contribution in [0.25, 0.3) is 0 Å². The van der Waals surface area contributed by atoms with Gasteiger partial charge in [-0.05, 0) is 28.1 Å². The van der Waals surface area contributed by atoms with Gasteiger partial charge in [-0.15, -0.1) is 0 Å². The van der Waals surface area contributed by atoms with E-state index in [1.807, 2.05) is 0 Å². The van der Waals surface area contributed by atoms with E-state index in [0.717, 1.165) is 0 Å². The first-order chi connectivity index (χ1) is 5.61. The van der Waals surface area contributed by atoms with Gasteiger partial charge in [-0.25, -0.2) is 9.18 Å². The van der Waals surface area contributed by atoms with Gasteiger partial charge in [-0.2, -0.15) is 0 Å². The minimum absolute atomic E-state index is 0.0602. The highest BCUT2D eigenvalue weighted by atomic mass is 79.9. The summed E-state index contributed by atoms with van der Waals surface area (Å²) in [5.74, 6) is -0.525. The molecule has 1 rings (SSSR count). The zero-order valence-electron chi connectivity index (χ0n) is 5.97. The summed E-state index contributed by atoms with van der Waals surface area (Å²) in [7, 11) is 0. The molecule has 0 spiro atoms. The highest BCUT2D eigenvalue weighted by molar-refractivity contribution is 9.10. The van der Waals surface area contributed by atoms with Gasteiger partial charge in [-0.1, -0.05) is 6.07 Å². The average Bonchev–Trinajstić information content (AvgIpc) is 1.97. The molecule has 64 valence electrons. The first-order valence-corrected chi connectivity index (χ1v) is 3.91. The fourth-order valence-corrected chi connectivity index (χ4v) is 1.18. The van der Waals surface area contributed by atoms with Gasteiger partial charge in [-0.3, -0.25) is 0 Å². The molecule has 0 saturated carbocycles. The molecule has 0 aliphatic rings. The zero-order chi connectivity index (χ0) is 9.14. The van der Waals surface area contributed by atoms with Crippen molar-refractivity contribution in [3.8, 4) is 0 Å². The van der Waals surface area contributed by atoms with Crippen LogP contribution in [0, 0.1) is 5.82 Å². The van der Waals surface area contributed by atoms with Crippen LogP contribution in [0.15, 0.2) is 22.7 Å². The van der Waals surface area contributed by atoms with Crippen molar-refractivity contribution in [1.29, 1.82) is 0 Å². The number of carbonyl (C=O) groups excluding carboxylic acids is 1. The number of hydrogen-bond acceptors (Lipinski definition) is 1. The third kappa shape index (κ3) is 1.94. The van der Waals surface area contributed by atoms with E-state index in [-0.39, 0.29) is 5.69 Å². The van der Waals surface area contributed by atoms with Gasteiger partial charge in [0.05, 0.1) is 5.69 Å². The van der Waals surface area contributed by atoms with E-state index in [9.17, 15) is 9.18 Å². The molecule has 0 bridgehead atoms. The van der Waals surface area contributed by atoms with E-state index in [0.29, 0.717) is 4.47 Å². The monoisotopic (exact) mass is 232 g/mol. The molecule has 0 saturated heterocycles. The summed E-state index contributed by atoms with van der Waals surface area (Å²) in [5, 5.41) is 2.16. The number of amides is 2. The molecule has 0 atom stereocenters. The standard InChI is InChI=1S/C7H6BrFN2O/c8-4-2-1-3-5(9)6(4)11-7(10)12/h1-3H,(H3,10,11,12). The first kappa shape index (κ1) is 8.99. The van der Waals surface area contributed by atoms with Gasteiger partial charge in [0.25, 0.3) is 0 Å². The third-order valence-corrected chi connectivity index (χ3v) is 1.87. The highest BCUT2D eigenvalue weighted by Crippen LogP contribution is 2.24. The number of nitrogens with one attached hydrogen (secondary N) is 1. The molecule has 0 radical (unpaired) electrons. The third-order valence-electron chi connectivity index (χ3n) is 1.21. The normalized spacial score (nSPS) is 9.50. The number of carbonyl (C=O) groups is 1. The number of benzene rings is 1. The SMILES string of the molecule is NC(=O)Nc1c(F)cccc1Br. The van der Waals surface area contributed by atoms with Crippen LogP contribution in [0.1, 0.15) is 0 Å². The van der Waals surface area contributed by atoms with E-state index in [4.69, 9.17) is 5.73 Å². The van der Waals surface area contributed by atoms with Crippen molar-refractivity contribution in [3.05, 3.63) is 28.5 Å². The van der Waals surface area contributed by atoms with Crippen molar-refractivity contribution in [2.45, 2.75) is 0 Å². The largest absolute Gasteiger partial charge is 0.351 e. The summed E-state index contributed by atoms with van der Waals surface area (Å²) < 4.78 is 13.4. The van der Waals surface area contributed by atoms with E-state index in [1.54, 1.807) is 6.07 Å². The van der Waals surface area contributed by atoms with Crippen LogP contribution < -0.4 is 11.1 Å². The summed E-state index contributed by atoms with van der Waals surface area (Å²) in [6.45, 7) is 0. The summed E-state index contributed by atoms with van der Waals surface area (Å²) in [6.07, 6.45) is 0. The Kier molecular flexibility index (Phi) is 2.65. The maximum Gasteiger partial charge on any atom is 0.316 e. The summed E-state index contributed by atoms with van der Waals surface area (Å²) in [5.41, 5.74) is 4.88. The number of halogens is 2. The number of nitrogens with two attached hydrogens (primary N) is 1. The zero-order valence-corrected chi connectivity index (χ0v) is 7.56. The second kappa shape index (κ2) is 3.53. The molecule has 1 aromatic rings. The molecular weight excluding hydrogens is 227 g/mol. The average molecular weight is 233 g/mol. The Bertz CT molecular complexity index is 296. The molecule has 5 heteroatoms. The van der Waals surface area contributed by atoms with Gasteiger partial charge in [0.1, 0.15) is 5.82 Å². The molecule has 0 unspecified atom stereocenters. The molecule has 3 N–H and O–H groups in total. The van der Waals surface area contributed by atoms with Crippen LogP contribution in [-0.2, 0) is 0 Å². The fraction of sp³-hybridized carbons (Fsp3) is 0. The smallest absolute Gasteiger partial charge is 0.316 e. The van der Waals surface area contributed by atoms with Gasteiger partial charge in [0.15, 0.2) is 0 Å². The lowest BCUT2D eigenvalue weighted by Crippen LogP contribution is -2.20. The predicted octanol–water partition coefficient (Wildman–Crippen LogP) is 2.08. The molecule has 1 aromatic carbocycles. The lowest BCUT2D eigenvalue weighted by atomic mass is 10.3. The number of para-hydroxylation sites is 1. The topological polar surface area (TPSA) is 55.1 Å². The summed E-state index contributed by atoms with van der Waals surface area (Å²) in [4.78, 5) is 10.4. The predicted molar refractivity (Wildman–Crippen MR) is 47.3 cm³/mol. The van der Waals surface area contributed by atoms with Gasteiger partial charge in [0.2, 0.25) is 0 Å².